The Morgan fingerprint density at radius 1 is 1.21 bits per heavy atom. The average Bonchev–Trinajstić information content (AvgIpc) is 3.42. The molecule has 150 valence electrons. The molecular formula is C21H21Cl2N5O. The van der Waals surface area contributed by atoms with E-state index in [0.717, 1.165) is 49.3 Å². The number of nitrogen functional groups attached to an aromatic ring is 1. The standard InChI is InChI=1S/C21H21Cl2N5O/c22-15-2-1-3-16(23)14(15)11-29-18-8-13(10-26-20(18)24)17-9-19-21(4-6-25-12-21)5-7-28(19)27-17/h1-3,8-10,25H,4-7,11-12H2,(H2,24,26). The van der Waals surface area contributed by atoms with E-state index in [1.165, 1.54) is 5.69 Å². The van der Waals surface area contributed by atoms with Gasteiger partial charge >= 0.3 is 0 Å². The summed E-state index contributed by atoms with van der Waals surface area (Å²) in [5, 5.41) is 9.41. The van der Waals surface area contributed by atoms with E-state index in [-0.39, 0.29) is 12.0 Å². The SMILES string of the molecule is Nc1ncc(-c2cc3n(n2)CCC32CCNC2)cc1OCc1c(Cl)cccc1Cl. The number of nitrogens with two attached hydrogens (primary N) is 1. The predicted octanol–water partition coefficient (Wildman–Crippen LogP) is 4.05. The van der Waals surface area contributed by atoms with Gasteiger partial charge in [-0.05, 0) is 43.7 Å². The second kappa shape index (κ2) is 7.20. The summed E-state index contributed by atoms with van der Waals surface area (Å²) in [6.07, 6.45) is 4.04. The number of ether oxygens (including phenoxy) is 1. The van der Waals surface area contributed by atoms with E-state index in [2.05, 4.69) is 21.0 Å². The van der Waals surface area contributed by atoms with Crippen LogP contribution in [0.4, 0.5) is 5.82 Å². The molecule has 0 saturated carbocycles. The van der Waals surface area contributed by atoms with Crippen LogP contribution >= 0.6 is 23.2 Å². The molecule has 1 saturated heterocycles. The summed E-state index contributed by atoms with van der Waals surface area (Å²) in [6.45, 7) is 3.24. The predicted molar refractivity (Wildman–Crippen MR) is 114 cm³/mol. The van der Waals surface area contributed by atoms with E-state index < -0.39 is 0 Å². The lowest BCUT2D eigenvalue weighted by Crippen LogP contribution is -2.25. The summed E-state index contributed by atoms with van der Waals surface area (Å²) in [7, 11) is 0. The molecule has 1 fully saturated rings. The maximum Gasteiger partial charge on any atom is 0.166 e. The van der Waals surface area contributed by atoms with Crippen molar-refractivity contribution in [3.8, 4) is 17.0 Å². The highest BCUT2D eigenvalue weighted by atomic mass is 35.5. The van der Waals surface area contributed by atoms with Gasteiger partial charge in [-0.2, -0.15) is 5.10 Å². The lowest BCUT2D eigenvalue weighted by molar-refractivity contribution is 0.307. The zero-order valence-corrected chi connectivity index (χ0v) is 17.3. The van der Waals surface area contributed by atoms with Crippen LogP contribution in [0.5, 0.6) is 5.75 Å². The number of nitrogens with one attached hydrogen (secondary N) is 1. The molecule has 1 aromatic carbocycles. The molecule has 1 unspecified atom stereocenters. The number of nitrogens with zero attached hydrogens (tertiary/aromatic N) is 3. The van der Waals surface area contributed by atoms with Crippen molar-refractivity contribution in [3.63, 3.8) is 0 Å². The molecule has 6 nitrogen and oxygen atoms in total. The van der Waals surface area contributed by atoms with Crippen molar-refractivity contribution in [1.82, 2.24) is 20.1 Å². The van der Waals surface area contributed by atoms with Crippen LogP contribution in [0.3, 0.4) is 0 Å². The first-order valence-corrected chi connectivity index (χ1v) is 10.4. The molecule has 4 heterocycles. The Morgan fingerprint density at radius 2 is 2.03 bits per heavy atom. The third-order valence-corrected chi connectivity index (χ3v) is 6.69. The van der Waals surface area contributed by atoms with E-state index in [1.54, 1.807) is 24.4 Å². The fraction of sp³-hybridized carbons (Fsp3) is 0.333. The fourth-order valence-electron chi connectivity index (χ4n) is 4.31. The topological polar surface area (TPSA) is 78.0 Å². The monoisotopic (exact) mass is 429 g/mol. The molecule has 3 N–H and O–H groups in total. The summed E-state index contributed by atoms with van der Waals surface area (Å²) < 4.78 is 8.04. The van der Waals surface area contributed by atoms with Gasteiger partial charge in [0.2, 0.25) is 0 Å². The highest BCUT2D eigenvalue weighted by Gasteiger charge is 2.42. The van der Waals surface area contributed by atoms with Gasteiger partial charge in [0, 0.05) is 51.6 Å². The van der Waals surface area contributed by atoms with Crippen molar-refractivity contribution in [2.24, 2.45) is 0 Å². The largest absolute Gasteiger partial charge is 0.485 e. The Bertz CT molecular complexity index is 1050. The smallest absolute Gasteiger partial charge is 0.166 e. The second-order valence-electron chi connectivity index (χ2n) is 7.69. The zero-order chi connectivity index (χ0) is 20.0. The number of aryl methyl sites for hydroxylation is 1. The lowest BCUT2D eigenvalue weighted by Gasteiger charge is -2.20. The van der Waals surface area contributed by atoms with Crippen LogP contribution in [0.1, 0.15) is 24.1 Å². The highest BCUT2D eigenvalue weighted by Crippen LogP contribution is 2.41. The molecule has 1 spiro atoms. The third-order valence-electron chi connectivity index (χ3n) is 5.98. The van der Waals surface area contributed by atoms with Crippen molar-refractivity contribution in [1.29, 1.82) is 0 Å². The minimum atomic E-state index is 0.211. The Morgan fingerprint density at radius 3 is 2.79 bits per heavy atom. The van der Waals surface area contributed by atoms with Crippen molar-refractivity contribution >= 4 is 29.0 Å². The van der Waals surface area contributed by atoms with Gasteiger partial charge < -0.3 is 15.8 Å². The normalized spacial score (nSPS) is 20.3. The molecule has 0 amide bonds. The van der Waals surface area contributed by atoms with E-state index in [0.29, 0.717) is 21.6 Å². The molecule has 2 aromatic heterocycles. The van der Waals surface area contributed by atoms with Crippen LogP contribution in [0.25, 0.3) is 11.3 Å². The first-order valence-electron chi connectivity index (χ1n) is 9.66. The molecule has 2 aliphatic rings. The van der Waals surface area contributed by atoms with Crippen LogP contribution in [0.2, 0.25) is 10.0 Å². The van der Waals surface area contributed by atoms with Gasteiger partial charge in [-0.25, -0.2) is 4.98 Å². The third kappa shape index (κ3) is 3.25. The number of aromatic nitrogens is 3. The summed E-state index contributed by atoms with van der Waals surface area (Å²) in [4.78, 5) is 4.31. The number of halogens is 2. The van der Waals surface area contributed by atoms with Gasteiger partial charge in [-0.3, -0.25) is 4.68 Å². The van der Waals surface area contributed by atoms with E-state index >= 15 is 0 Å². The maximum absolute atomic E-state index is 6.24. The number of rotatable bonds is 4. The minimum absolute atomic E-state index is 0.211. The number of pyridine rings is 1. The maximum atomic E-state index is 6.24. The molecule has 2 aliphatic heterocycles. The molecule has 0 bridgehead atoms. The average molecular weight is 430 g/mol. The Labute approximate surface area is 179 Å². The van der Waals surface area contributed by atoms with Gasteiger partial charge in [0.15, 0.2) is 11.6 Å². The van der Waals surface area contributed by atoms with Gasteiger partial charge in [-0.1, -0.05) is 29.3 Å². The van der Waals surface area contributed by atoms with Crippen molar-refractivity contribution in [2.45, 2.75) is 31.4 Å². The van der Waals surface area contributed by atoms with Crippen LogP contribution in [0.15, 0.2) is 36.5 Å². The highest BCUT2D eigenvalue weighted by molar-refractivity contribution is 6.35. The number of benzene rings is 1. The minimum Gasteiger partial charge on any atom is -0.485 e. The van der Waals surface area contributed by atoms with Crippen molar-refractivity contribution in [3.05, 3.63) is 57.8 Å². The molecule has 8 heteroatoms. The number of hydrogen-bond acceptors (Lipinski definition) is 5. The van der Waals surface area contributed by atoms with Crippen molar-refractivity contribution < 1.29 is 4.74 Å². The summed E-state index contributed by atoms with van der Waals surface area (Å²) in [5.74, 6) is 0.809. The first kappa shape index (κ1) is 18.7. The Balaban J connectivity index is 1.42. The van der Waals surface area contributed by atoms with Crippen LogP contribution in [-0.2, 0) is 18.6 Å². The number of fused-ring (bicyclic) bond motifs is 2. The van der Waals surface area contributed by atoms with Gasteiger partial charge in [0.05, 0.1) is 5.69 Å². The van der Waals surface area contributed by atoms with E-state index in [9.17, 15) is 0 Å². The molecule has 1 atom stereocenters. The second-order valence-corrected chi connectivity index (χ2v) is 8.51. The molecular weight excluding hydrogens is 409 g/mol. The van der Waals surface area contributed by atoms with Crippen molar-refractivity contribution in [2.75, 3.05) is 18.8 Å². The summed E-state index contributed by atoms with van der Waals surface area (Å²) in [6, 6.07) is 9.43. The molecule has 3 aromatic rings. The Kier molecular flexibility index (Phi) is 4.65. The van der Waals surface area contributed by atoms with Gasteiger partial charge in [0.1, 0.15) is 6.61 Å². The molecule has 0 radical (unpaired) electrons. The number of hydrogen-bond donors (Lipinski definition) is 2. The number of anilines is 1. The van der Waals surface area contributed by atoms with Crippen LogP contribution < -0.4 is 15.8 Å². The van der Waals surface area contributed by atoms with Crippen LogP contribution in [-0.4, -0.2) is 27.9 Å². The lowest BCUT2D eigenvalue weighted by atomic mass is 9.82. The molecule has 5 rings (SSSR count). The van der Waals surface area contributed by atoms with E-state index in [4.69, 9.17) is 38.8 Å². The van der Waals surface area contributed by atoms with Crippen LogP contribution in [0, 0.1) is 0 Å². The zero-order valence-electron chi connectivity index (χ0n) is 15.8. The first-order chi connectivity index (χ1) is 14.1. The van der Waals surface area contributed by atoms with Gasteiger partial charge in [-0.15, -0.1) is 0 Å². The summed E-state index contributed by atoms with van der Waals surface area (Å²) in [5.41, 5.74) is 10.0. The van der Waals surface area contributed by atoms with Gasteiger partial charge in [0.25, 0.3) is 0 Å². The summed E-state index contributed by atoms with van der Waals surface area (Å²) >= 11 is 12.5. The Hall–Kier alpha value is -2.28. The molecule has 0 aliphatic carbocycles. The fourth-order valence-corrected chi connectivity index (χ4v) is 4.82. The molecule has 29 heavy (non-hydrogen) atoms. The van der Waals surface area contributed by atoms with E-state index in [1.807, 2.05) is 6.07 Å². The quantitative estimate of drug-likeness (QED) is 0.653.